The highest BCUT2D eigenvalue weighted by Gasteiger charge is 2.42. The molecule has 0 unspecified atom stereocenters. The van der Waals surface area contributed by atoms with Gasteiger partial charge in [-0.2, -0.15) is 0 Å². The Morgan fingerprint density at radius 2 is 1.43 bits per heavy atom. The largest absolute Gasteiger partial charge is 0.491 e. The average molecular weight is 618 g/mol. The number of benzene rings is 2. The lowest BCUT2D eigenvalue weighted by Crippen LogP contribution is -2.49. The predicted molar refractivity (Wildman–Crippen MR) is 182 cm³/mol. The van der Waals surface area contributed by atoms with Crippen LogP contribution in [0.2, 0.25) is 18.1 Å². The lowest BCUT2D eigenvalue weighted by molar-refractivity contribution is 0.0310. The Morgan fingerprint density at radius 1 is 0.881 bits per heavy atom. The Hall–Kier alpha value is -1.67. The van der Waals surface area contributed by atoms with Gasteiger partial charge in [0.15, 0.2) is 8.32 Å². The molecule has 0 spiro atoms. The van der Waals surface area contributed by atoms with Gasteiger partial charge in [0.2, 0.25) is 0 Å². The Kier molecular flexibility index (Phi) is 12.1. The highest BCUT2D eigenvalue weighted by Crippen LogP contribution is 2.42. The molecule has 42 heavy (non-hydrogen) atoms. The summed E-state index contributed by atoms with van der Waals surface area (Å²) in [6.45, 7) is 28.7. The molecule has 2 aromatic rings. The van der Waals surface area contributed by atoms with Gasteiger partial charge in [0.1, 0.15) is 22.2 Å². The summed E-state index contributed by atoms with van der Waals surface area (Å²) in [6.07, 6.45) is 3.25. The van der Waals surface area contributed by atoms with E-state index in [-0.39, 0.29) is 27.7 Å². The van der Waals surface area contributed by atoms with Crippen LogP contribution in [-0.2, 0) is 26.2 Å². The molecule has 0 aromatic heterocycles. The molecule has 0 aliphatic rings. The maximum atomic E-state index is 11.4. The Bertz CT molecular complexity index is 1290. The third kappa shape index (κ3) is 9.41. The number of aryl methyl sites for hydroxylation is 2. The van der Waals surface area contributed by atoms with Crippen molar-refractivity contribution in [1.29, 1.82) is 0 Å². The maximum absolute atomic E-state index is 11.4. The van der Waals surface area contributed by atoms with Crippen molar-refractivity contribution in [3.05, 3.63) is 64.2 Å². The molecule has 1 N–H and O–H groups in total. The first-order valence-corrected chi connectivity index (χ1v) is 20.5. The fourth-order valence-corrected chi connectivity index (χ4v) is 7.17. The number of nitrogens with one attached hydrogen (secondary N) is 1. The van der Waals surface area contributed by atoms with Crippen molar-refractivity contribution in [2.75, 3.05) is 25.2 Å². The van der Waals surface area contributed by atoms with E-state index in [1.165, 1.54) is 28.5 Å². The van der Waals surface area contributed by atoms with Crippen LogP contribution in [0, 0.1) is 19.3 Å². The first kappa shape index (κ1) is 36.5. The summed E-state index contributed by atoms with van der Waals surface area (Å²) in [4.78, 5) is 0. The van der Waals surface area contributed by atoms with Gasteiger partial charge in [0.05, 0.1) is 11.9 Å². The van der Waals surface area contributed by atoms with Gasteiger partial charge in [0.25, 0.3) is 0 Å². The lowest BCUT2D eigenvalue weighted by Gasteiger charge is -2.43. The first-order valence-electron chi connectivity index (χ1n) is 15.6. The number of hydrogen-bond donors (Lipinski definition) is 1. The first-order chi connectivity index (χ1) is 19.2. The maximum Gasteiger partial charge on any atom is 0.192 e. The van der Waals surface area contributed by atoms with Crippen LogP contribution < -0.4 is 10.1 Å². The molecule has 0 amide bonds. The lowest BCUT2D eigenvalue weighted by atomic mass is 9.70. The van der Waals surface area contributed by atoms with Crippen LogP contribution in [0.25, 0.3) is 0 Å². The molecule has 0 fully saturated rings. The molecule has 0 aliphatic carbocycles. The van der Waals surface area contributed by atoms with Crippen LogP contribution in [0.3, 0.4) is 0 Å². The van der Waals surface area contributed by atoms with Crippen molar-refractivity contribution < 1.29 is 17.6 Å². The van der Waals surface area contributed by atoms with Gasteiger partial charge < -0.3 is 14.5 Å². The third-order valence-electron chi connectivity index (χ3n) is 9.39. The number of rotatable bonds is 14. The number of ether oxygens (including phenoxy) is 1. The van der Waals surface area contributed by atoms with Gasteiger partial charge in [-0.15, -0.1) is 0 Å². The van der Waals surface area contributed by atoms with Gasteiger partial charge in [-0.1, -0.05) is 85.7 Å². The summed E-state index contributed by atoms with van der Waals surface area (Å²) >= 11 is 0. The van der Waals surface area contributed by atoms with E-state index >= 15 is 0 Å². The van der Waals surface area contributed by atoms with Crippen molar-refractivity contribution in [3.8, 4) is 5.75 Å². The van der Waals surface area contributed by atoms with Gasteiger partial charge in [-0.05, 0) is 84.1 Å². The van der Waals surface area contributed by atoms with Crippen LogP contribution in [0.1, 0.15) is 96.0 Å². The minimum absolute atomic E-state index is 0.00481. The summed E-state index contributed by atoms with van der Waals surface area (Å²) in [6, 6.07) is 13.4. The molecule has 238 valence electrons. The van der Waals surface area contributed by atoms with Gasteiger partial charge in [-0.3, -0.25) is 0 Å². The zero-order valence-corrected chi connectivity index (χ0v) is 30.6. The summed E-state index contributed by atoms with van der Waals surface area (Å²) in [5.41, 5.74) is 6.04. The Balaban J connectivity index is 2.28. The van der Waals surface area contributed by atoms with Crippen molar-refractivity contribution >= 4 is 18.2 Å². The monoisotopic (exact) mass is 617 g/mol. The summed E-state index contributed by atoms with van der Waals surface area (Å²) < 4.78 is 36.2. The summed E-state index contributed by atoms with van der Waals surface area (Å²) in [5, 5.41) is 3.42. The smallest absolute Gasteiger partial charge is 0.192 e. The van der Waals surface area contributed by atoms with E-state index in [9.17, 15) is 8.42 Å². The normalized spacial score (nSPS) is 14.2. The van der Waals surface area contributed by atoms with Gasteiger partial charge in [-0.25, -0.2) is 8.42 Å². The van der Waals surface area contributed by atoms with Crippen molar-refractivity contribution in [3.63, 3.8) is 0 Å². The molecular formula is C35H59NO4SSi. The second kappa shape index (κ2) is 14.0. The second-order valence-electron chi connectivity index (χ2n) is 14.8. The molecule has 0 heterocycles. The molecule has 2 rings (SSSR count). The minimum atomic E-state index is -2.96. The molecule has 0 radical (unpaired) electrons. The highest BCUT2D eigenvalue weighted by molar-refractivity contribution is 7.90. The highest BCUT2D eigenvalue weighted by atomic mass is 32.2. The van der Waals surface area contributed by atoms with Gasteiger partial charge in [0, 0.05) is 24.8 Å². The SMILES string of the molecule is CCC(CC)(c1ccc(CNCCS(C)(=O)=O)c(C)c1)c1ccc(OC[C@@H](O[Si](C)(C)C(C)(C)C)C(C)(C)C)c(C)c1. The molecule has 0 bridgehead atoms. The van der Waals surface area contributed by atoms with E-state index in [4.69, 9.17) is 9.16 Å². The van der Waals surface area contributed by atoms with Gasteiger partial charge >= 0.3 is 0 Å². The van der Waals surface area contributed by atoms with Crippen LogP contribution in [-0.4, -0.2) is 48.0 Å². The molecule has 5 nitrogen and oxygen atoms in total. The molecule has 2 aromatic carbocycles. The number of hydrogen-bond acceptors (Lipinski definition) is 5. The number of sulfone groups is 1. The average Bonchev–Trinajstić information content (AvgIpc) is 2.85. The summed E-state index contributed by atoms with van der Waals surface area (Å²) in [5.74, 6) is 1.07. The fourth-order valence-electron chi connectivity index (χ4n) is 5.17. The Morgan fingerprint density at radius 3 is 1.88 bits per heavy atom. The van der Waals surface area contributed by atoms with Crippen molar-refractivity contribution in [2.24, 2.45) is 5.41 Å². The van der Waals surface area contributed by atoms with Crippen molar-refractivity contribution in [2.45, 2.75) is 118 Å². The van der Waals surface area contributed by atoms with E-state index in [2.05, 4.69) is 124 Å². The van der Waals surface area contributed by atoms with Crippen LogP contribution in [0.5, 0.6) is 5.75 Å². The third-order valence-corrected chi connectivity index (χ3v) is 14.8. The van der Waals surface area contributed by atoms with Crippen LogP contribution in [0.15, 0.2) is 36.4 Å². The fraction of sp³-hybridized carbons (Fsp3) is 0.657. The van der Waals surface area contributed by atoms with Crippen LogP contribution in [0.4, 0.5) is 0 Å². The molecular weight excluding hydrogens is 559 g/mol. The topological polar surface area (TPSA) is 64.6 Å². The van der Waals surface area contributed by atoms with E-state index in [0.717, 1.165) is 24.2 Å². The zero-order valence-electron chi connectivity index (χ0n) is 28.8. The molecule has 7 heteroatoms. The van der Waals surface area contributed by atoms with Crippen molar-refractivity contribution in [1.82, 2.24) is 5.32 Å². The molecule has 1 atom stereocenters. The summed E-state index contributed by atoms with van der Waals surface area (Å²) in [7, 11) is -4.91. The molecule has 0 saturated heterocycles. The minimum Gasteiger partial charge on any atom is -0.491 e. The van der Waals surface area contributed by atoms with E-state index in [1.54, 1.807) is 0 Å². The second-order valence-corrected chi connectivity index (χ2v) is 21.8. The van der Waals surface area contributed by atoms with Crippen LogP contribution >= 0.6 is 0 Å². The zero-order chi connectivity index (χ0) is 32.1. The molecule has 0 saturated carbocycles. The molecule has 0 aliphatic heterocycles. The van der Waals surface area contributed by atoms with E-state index in [1.807, 2.05) is 0 Å². The van der Waals surface area contributed by atoms with E-state index in [0.29, 0.717) is 19.7 Å². The Labute approximate surface area is 259 Å². The predicted octanol–water partition coefficient (Wildman–Crippen LogP) is 8.36. The van der Waals surface area contributed by atoms with E-state index < -0.39 is 18.2 Å². The quantitative estimate of drug-likeness (QED) is 0.170. The standard InChI is InChI=1S/C35H59NO4SSi/c1-14-35(15-2,29-17-16-28(26(3)22-29)24-36-20-21-41(11,37)38)30-18-19-31(27(4)23-30)39-25-32(33(5,6)7)40-42(12,13)34(8,9)10/h16-19,22-23,32,36H,14-15,20-21,24-25H2,1-13H3/t32-/m1/s1.